The van der Waals surface area contributed by atoms with Crippen molar-refractivity contribution in [3.63, 3.8) is 0 Å². The van der Waals surface area contributed by atoms with Crippen molar-refractivity contribution in [2.75, 3.05) is 13.1 Å². The molecule has 0 aromatic carbocycles. The van der Waals surface area contributed by atoms with E-state index in [-0.39, 0.29) is 5.91 Å². The Labute approximate surface area is 130 Å². The zero-order valence-corrected chi connectivity index (χ0v) is 12.8. The average Bonchev–Trinajstić information content (AvgIpc) is 2.56. The zero-order valence-electron chi connectivity index (χ0n) is 12.8. The Bertz CT molecular complexity index is 644. The lowest BCUT2D eigenvalue weighted by molar-refractivity contribution is -0.131. The Morgan fingerprint density at radius 1 is 1.36 bits per heavy atom. The number of piperidine rings is 1. The summed E-state index contributed by atoms with van der Waals surface area (Å²) in [5.41, 5.74) is 2.01. The summed E-state index contributed by atoms with van der Waals surface area (Å²) in [6.45, 7) is 3.48. The number of carbonyl (C=O) groups is 1. The second kappa shape index (κ2) is 6.64. The van der Waals surface area contributed by atoms with Gasteiger partial charge in [0.1, 0.15) is 5.82 Å². The van der Waals surface area contributed by atoms with E-state index in [0.717, 1.165) is 43.0 Å². The maximum absolute atomic E-state index is 12.5. The monoisotopic (exact) mass is 296 g/mol. The number of carbonyl (C=O) groups excluding carboxylic acids is 1. The average molecular weight is 296 g/mol. The molecule has 22 heavy (non-hydrogen) atoms. The summed E-state index contributed by atoms with van der Waals surface area (Å²) in [6, 6.07) is 5.78. The highest BCUT2D eigenvalue weighted by molar-refractivity contribution is 5.78. The predicted octanol–water partition coefficient (Wildman–Crippen LogP) is 2.13. The summed E-state index contributed by atoms with van der Waals surface area (Å²) in [4.78, 5) is 27.2. The molecule has 3 heterocycles. The van der Waals surface area contributed by atoms with E-state index in [9.17, 15) is 4.79 Å². The number of pyridine rings is 1. The molecule has 2 aromatic rings. The highest BCUT2D eigenvalue weighted by atomic mass is 16.2. The topological polar surface area (TPSA) is 59.0 Å². The van der Waals surface area contributed by atoms with Crippen LogP contribution in [0.2, 0.25) is 0 Å². The molecule has 0 radical (unpaired) electrons. The van der Waals surface area contributed by atoms with Gasteiger partial charge in [0.15, 0.2) is 0 Å². The van der Waals surface area contributed by atoms with Gasteiger partial charge in [0.2, 0.25) is 5.91 Å². The van der Waals surface area contributed by atoms with E-state index in [2.05, 4.69) is 15.0 Å². The third kappa shape index (κ3) is 3.47. The van der Waals surface area contributed by atoms with Crippen molar-refractivity contribution in [2.24, 2.45) is 0 Å². The summed E-state index contributed by atoms with van der Waals surface area (Å²) in [7, 11) is 0. The van der Waals surface area contributed by atoms with Gasteiger partial charge in [0.25, 0.3) is 0 Å². The van der Waals surface area contributed by atoms with Crippen molar-refractivity contribution < 1.29 is 4.79 Å². The quantitative estimate of drug-likeness (QED) is 0.870. The van der Waals surface area contributed by atoms with Crippen LogP contribution in [-0.4, -0.2) is 38.8 Å². The van der Waals surface area contributed by atoms with E-state index in [1.807, 2.05) is 30.0 Å². The van der Waals surface area contributed by atoms with Crippen LogP contribution in [0.25, 0.3) is 0 Å². The lowest BCUT2D eigenvalue weighted by Gasteiger charge is -2.32. The van der Waals surface area contributed by atoms with Crippen LogP contribution < -0.4 is 0 Å². The fraction of sp³-hybridized carbons (Fsp3) is 0.412. The number of likely N-dealkylation sites (tertiary alicyclic amines) is 1. The standard InChI is InChI=1S/C17H20N4O/c1-13-19-8-6-16(20-13)15-5-3-9-21(12-15)17(22)10-14-4-2-7-18-11-14/h2,4,6-8,11,15H,3,5,9-10,12H2,1H3. The molecule has 1 amide bonds. The van der Waals surface area contributed by atoms with Crippen molar-refractivity contribution in [1.29, 1.82) is 0 Å². The Morgan fingerprint density at radius 3 is 3.05 bits per heavy atom. The Hall–Kier alpha value is -2.30. The fourth-order valence-corrected chi connectivity index (χ4v) is 2.94. The molecule has 0 N–H and O–H groups in total. The van der Waals surface area contributed by atoms with Gasteiger partial charge in [-0.25, -0.2) is 9.97 Å². The molecule has 0 bridgehead atoms. The van der Waals surface area contributed by atoms with Crippen LogP contribution in [0.15, 0.2) is 36.8 Å². The van der Waals surface area contributed by atoms with Crippen LogP contribution in [0.1, 0.15) is 35.8 Å². The summed E-state index contributed by atoms with van der Waals surface area (Å²) >= 11 is 0. The lowest BCUT2D eigenvalue weighted by Crippen LogP contribution is -2.40. The van der Waals surface area contributed by atoms with Gasteiger partial charge in [-0.3, -0.25) is 9.78 Å². The summed E-state index contributed by atoms with van der Waals surface area (Å²) in [5.74, 6) is 1.27. The fourth-order valence-electron chi connectivity index (χ4n) is 2.94. The first-order valence-electron chi connectivity index (χ1n) is 7.68. The first kappa shape index (κ1) is 14.6. The molecule has 0 saturated carbocycles. The molecule has 5 heteroatoms. The van der Waals surface area contributed by atoms with Gasteiger partial charge < -0.3 is 4.90 Å². The molecule has 1 aliphatic heterocycles. The first-order valence-corrected chi connectivity index (χ1v) is 7.68. The van der Waals surface area contributed by atoms with Crippen molar-refractivity contribution in [1.82, 2.24) is 19.9 Å². The van der Waals surface area contributed by atoms with E-state index >= 15 is 0 Å². The molecule has 1 atom stereocenters. The third-order valence-corrected chi connectivity index (χ3v) is 4.07. The second-order valence-corrected chi connectivity index (χ2v) is 5.75. The lowest BCUT2D eigenvalue weighted by atomic mass is 9.94. The maximum atomic E-state index is 12.5. The van der Waals surface area contributed by atoms with Gasteiger partial charge in [-0.1, -0.05) is 6.07 Å². The summed E-state index contributed by atoms with van der Waals surface area (Å²) in [5, 5.41) is 0. The van der Waals surface area contributed by atoms with Crippen LogP contribution >= 0.6 is 0 Å². The highest BCUT2D eigenvalue weighted by Crippen LogP contribution is 2.25. The number of hydrogen-bond donors (Lipinski definition) is 0. The molecular formula is C17H20N4O. The number of rotatable bonds is 3. The minimum Gasteiger partial charge on any atom is -0.342 e. The predicted molar refractivity (Wildman–Crippen MR) is 83.3 cm³/mol. The van der Waals surface area contributed by atoms with Crippen molar-refractivity contribution in [3.8, 4) is 0 Å². The molecule has 2 aromatic heterocycles. The van der Waals surface area contributed by atoms with Crippen LogP contribution in [0, 0.1) is 6.92 Å². The first-order chi connectivity index (χ1) is 10.7. The molecule has 114 valence electrons. The number of aryl methyl sites for hydroxylation is 1. The van der Waals surface area contributed by atoms with Crippen LogP contribution in [-0.2, 0) is 11.2 Å². The number of amides is 1. The molecular weight excluding hydrogens is 276 g/mol. The van der Waals surface area contributed by atoms with E-state index in [1.54, 1.807) is 18.6 Å². The minimum atomic E-state index is 0.170. The van der Waals surface area contributed by atoms with Crippen LogP contribution in [0.4, 0.5) is 0 Å². The van der Waals surface area contributed by atoms with Crippen LogP contribution in [0.5, 0.6) is 0 Å². The van der Waals surface area contributed by atoms with Gasteiger partial charge in [-0.2, -0.15) is 0 Å². The molecule has 0 spiro atoms. The third-order valence-electron chi connectivity index (χ3n) is 4.07. The molecule has 1 saturated heterocycles. The largest absolute Gasteiger partial charge is 0.342 e. The van der Waals surface area contributed by atoms with Gasteiger partial charge >= 0.3 is 0 Å². The molecule has 1 aliphatic rings. The van der Waals surface area contributed by atoms with Crippen molar-refractivity contribution in [2.45, 2.75) is 32.1 Å². The molecule has 3 rings (SSSR count). The Balaban J connectivity index is 1.66. The van der Waals surface area contributed by atoms with Crippen molar-refractivity contribution in [3.05, 3.63) is 53.9 Å². The molecule has 1 fully saturated rings. The van der Waals surface area contributed by atoms with E-state index < -0.39 is 0 Å². The number of hydrogen-bond acceptors (Lipinski definition) is 4. The van der Waals surface area contributed by atoms with Crippen molar-refractivity contribution >= 4 is 5.91 Å². The SMILES string of the molecule is Cc1nccc(C2CCCN(C(=O)Cc3cccnc3)C2)n1. The van der Waals surface area contributed by atoms with E-state index in [0.29, 0.717) is 12.3 Å². The normalized spacial score (nSPS) is 18.2. The van der Waals surface area contributed by atoms with Gasteiger partial charge in [-0.05, 0) is 37.5 Å². The molecule has 5 nitrogen and oxygen atoms in total. The minimum absolute atomic E-state index is 0.170. The van der Waals surface area contributed by atoms with E-state index in [4.69, 9.17) is 0 Å². The van der Waals surface area contributed by atoms with Crippen LogP contribution in [0.3, 0.4) is 0 Å². The maximum Gasteiger partial charge on any atom is 0.227 e. The number of nitrogens with zero attached hydrogens (tertiary/aromatic N) is 4. The van der Waals surface area contributed by atoms with Gasteiger partial charge in [0.05, 0.1) is 6.42 Å². The number of aromatic nitrogens is 3. The second-order valence-electron chi connectivity index (χ2n) is 5.75. The Morgan fingerprint density at radius 2 is 2.27 bits per heavy atom. The van der Waals surface area contributed by atoms with E-state index in [1.165, 1.54) is 0 Å². The zero-order chi connectivity index (χ0) is 15.4. The highest BCUT2D eigenvalue weighted by Gasteiger charge is 2.25. The molecule has 0 aliphatic carbocycles. The van der Waals surface area contributed by atoms with Gasteiger partial charge in [-0.15, -0.1) is 0 Å². The molecule has 1 unspecified atom stereocenters. The summed E-state index contributed by atoms with van der Waals surface area (Å²) < 4.78 is 0. The smallest absolute Gasteiger partial charge is 0.227 e. The summed E-state index contributed by atoms with van der Waals surface area (Å²) in [6.07, 6.45) is 7.80. The van der Waals surface area contributed by atoms with Gasteiger partial charge in [0, 0.05) is 43.3 Å². The Kier molecular flexibility index (Phi) is 4.42.